The summed E-state index contributed by atoms with van der Waals surface area (Å²) in [7, 11) is 0. The lowest BCUT2D eigenvalue weighted by Crippen LogP contribution is -2.11. The quantitative estimate of drug-likeness (QED) is 0.859. The number of carbonyl (C=O) groups is 1. The average molecular weight is 289 g/mol. The van der Waals surface area contributed by atoms with Gasteiger partial charge in [-0.25, -0.2) is 14.2 Å². The minimum atomic E-state index is -5.00. The summed E-state index contributed by atoms with van der Waals surface area (Å²) >= 11 is 0. The van der Waals surface area contributed by atoms with E-state index < -0.39 is 35.3 Å². The molecule has 0 saturated carbocycles. The maximum absolute atomic E-state index is 13.6. The Bertz CT molecular complexity index is 676. The fourth-order valence-corrected chi connectivity index (χ4v) is 1.58. The largest absolute Gasteiger partial charge is 0.475 e. The van der Waals surface area contributed by atoms with E-state index in [-0.39, 0.29) is 5.56 Å². The molecule has 0 amide bonds. The molecule has 20 heavy (non-hydrogen) atoms. The van der Waals surface area contributed by atoms with Gasteiger partial charge in [0.1, 0.15) is 5.82 Å². The fraction of sp³-hybridized carbons (Fsp3) is 0.167. The Morgan fingerprint density at radius 1 is 1.35 bits per heavy atom. The summed E-state index contributed by atoms with van der Waals surface area (Å²) in [6.07, 6.45) is -5.00. The number of halogens is 4. The Labute approximate surface area is 109 Å². The van der Waals surface area contributed by atoms with Crippen molar-refractivity contribution in [3.63, 3.8) is 0 Å². The van der Waals surface area contributed by atoms with Crippen molar-refractivity contribution in [3.05, 3.63) is 41.0 Å². The summed E-state index contributed by atoms with van der Waals surface area (Å²) in [5.74, 6) is -4.88. The molecular weight excluding hydrogens is 282 g/mol. The number of aryl methyl sites for hydroxylation is 1. The molecule has 1 aromatic heterocycles. The first kappa shape index (κ1) is 14.0. The van der Waals surface area contributed by atoms with Crippen molar-refractivity contribution in [1.29, 1.82) is 0 Å². The second kappa shape index (κ2) is 4.62. The normalized spacial score (nSPS) is 11.7. The summed E-state index contributed by atoms with van der Waals surface area (Å²) in [4.78, 5) is 13.8. The van der Waals surface area contributed by atoms with E-state index in [4.69, 9.17) is 5.11 Å². The molecule has 0 unspecified atom stereocenters. The zero-order chi connectivity index (χ0) is 15.1. The van der Waals surface area contributed by atoms with Crippen LogP contribution >= 0.6 is 0 Å². The van der Waals surface area contributed by atoms with Gasteiger partial charge in [-0.05, 0) is 19.1 Å². The number of carboxylic acid groups (broad SMARTS) is 1. The van der Waals surface area contributed by atoms with E-state index in [0.717, 1.165) is 6.07 Å². The Kier molecular flexibility index (Phi) is 3.24. The third-order valence-electron chi connectivity index (χ3n) is 2.44. The monoisotopic (exact) mass is 289 g/mol. The van der Waals surface area contributed by atoms with Crippen molar-refractivity contribution in [2.45, 2.75) is 13.1 Å². The first-order chi connectivity index (χ1) is 9.20. The van der Waals surface area contributed by atoms with E-state index in [2.05, 4.69) is 9.40 Å². The van der Waals surface area contributed by atoms with E-state index >= 15 is 0 Å². The summed E-state index contributed by atoms with van der Waals surface area (Å²) in [6.45, 7) is 1.59. The molecule has 0 aliphatic heterocycles. The lowest BCUT2D eigenvalue weighted by atomic mass is 10.1. The van der Waals surface area contributed by atoms with Gasteiger partial charge in [-0.15, -0.1) is 0 Å². The highest BCUT2D eigenvalue weighted by Crippen LogP contribution is 2.35. The Morgan fingerprint density at radius 2 is 2.00 bits per heavy atom. The molecule has 0 saturated heterocycles. The van der Waals surface area contributed by atoms with Crippen LogP contribution in [0.15, 0.2) is 22.6 Å². The smallest absolute Gasteiger partial charge is 0.437 e. The van der Waals surface area contributed by atoms with Gasteiger partial charge in [0.25, 0.3) is 0 Å². The van der Waals surface area contributed by atoms with Gasteiger partial charge in [-0.3, -0.25) is 0 Å². The maximum Gasteiger partial charge on any atom is 0.437 e. The summed E-state index contributed by atoms with van der Waals surface area (Å²) in [6, 6.07) is 3.65. The second-order valence-electron chi connectivity index (χ2n) is 3.98. The number of nitrogens with zero attached hydrogens (tertiary/aromatic N) is 1. The number of alkyl halides is 3. The second-order valence-corrected chi connectivity index (χ2v) is 3.98. The van der Waals surface area contributed by atoms with Crippen LogP contribution in [-0.4, -0.2) is 16.1 Å². The molecule has 2 aromatic rings. The van der Waals surface area contributed by atoms with E-state index in [9.17, 15) is 22.4 Å². The number of hydrogen-bond donors (Lipinski definition) is 1. The van der Waals surface area contributed by atoms with Crippen molar-refractivity contribution in [2.24, 2.45) is 0 Å². The predicted molar refractivity (Wildman–Crippen MR) is 58.6 cm³/mol. The van der Waals surface area contributed by atoms with E-state index in [1.165, 1.54) is 12.1 Å². The van der Waals surface area contributed by atoms with Crippen LogP contribution in [0.5, 0.6) is 0 Å². The minimum absolute atomic E-state index is 0.331. The average Bonchev–Trinajstić information content (AvgIpc) is 2.77. The van der Waals surface area contributed by atoms with Crippen LogP contribution in [0.3, 0.4) is 0 Å². The van der Waals surface area contributed by atoms with Gasteiger partial charge >= 0.3 is 12.1 Å². The van der Waals surface area contributed by atoms with Crippen LogP contribution in [-0.2, 0) is 6.18 Å². The van der Waals surface area contributed by atoms with Gasteiger partial charge in [0, 0.05) is 0 Å². The summed E-state index contributed by atoms with van der Waals surface area (Å²) in [5.41, 5.74) is -1.46. The molecule has 4 nitrogen and oxygen atoms in total. The van der Waals surface area contributed by atoms with Crippen LogP contribution < -0.4 is 0 Å². The molecule has 1 aromatic carbocycles. The van der Waals surface area contributed by atoms with E-state index in [0.29, 0.717) is 5.56 Å². The lowest BCUT2D eigenvalue weighted by molar-refractivity contribution is -0.141. The molecule has 106 valence electrons. The van der Waals surface area contributed by atoms with Crippen molar-refractivity contribution >= 4 is 5.97 Å². The molecule has 0 spiro atoms. The standard InChI is InChI=1S/C12H7F4NO3/c1-5-2-3-7(13)6(4-5)10-17-9(12(14,15)16)8(20-10)11(18)19/h2-4H,1H3,(H,18,19). The van der Waals surface area contributed by atoms with E-state index in [1.54, 1.807) is 6.92 Å². The maximum atomic E-state index is 13.6. The van der Waals surface area contributed by atoms with Gasteiger partial charge in [-0.1, -0.05) is 11.6 Å². The highest BCUT2D eigenvalue weighted by atomic mass is 19.4. The van der Waals surface area contributed by atoms with Crippen molar-refractivity contribution in [2.75, 3.05) is 0 Å². The molecule has 8 heteroatoms. The van der Waals surface area contributed by atoms with Gasteiger partial charge in [0.2, 0.25) is 11.7 Å². The van der Waals surface area contributed by atoms with Crippen LogP contribution in [0.1, 0.15) is 21.8 Å². The Hall–Kier alpha value is -2.38. The SMILES string of the molecule is Cc1ccc(F)c(-c2nc(C(F)(F)F)c(C(=O)O)o2)c1. The first-order valence-corrected chi connectivity index (χ1v) is 5.28. The van der Waals surface area contributed by atoms with Gasteiger partial charge in [0.15, 0.2) is 5.69 Å². The highest BCUT2D eigenvalue weighted by molar-refractivity contribution is 5.86. The number of aromatic carboxylic acids is 1. The molecule has 0 aliphatic rings. The van der Waals surface area contributed by atoms with E-state index in [1.807, 2.05) is 0 Å². The molecule has 1 heterocycles. The van der Waals surface area contributed by atoms with Crippen LogP contribution in [0.2, 0.25) is 0 Å². The van der Waals surface area contributed by atoms with Crippen LogP contribution in [0.4, 0.5) is 17.6 Å². The number of oxazole rings is 1. The van der Waals surface area contributed by atoms with Crippen LogP contribution in [0.25, 0.3) is 11.5 Å². The summed E-state index contributed by atoms with van der Waals surface area (Å²) in [5, 5.41) is 8.69. The van der Waals surface area contributed by atoms with Gasteiger partial charge in [0.05, 0.1) is 5.56 Å². The number of hydrogen-bond acceptors (Lipinski definition) is 3. The third-order valence-corrected chi connectivity index (χ3v) is 2.44. The molecule has 1 N–H and O–H groups in total. The predicted octanol–water partition coefficient (Wildman–Crippen LogP) is 3.51. The molecular formula is C12H7F4NO3. The van der Waals surface area contributed by atoms with Crippen molar-refractivity contribution in [3.8, 4) is 11.5 Å². The molecule has 0 atom stereocenters. The topological polar surface area (TPSA) is 63.3 Å². The number of rotatable bonds is 2. The minimum Gasteiger partial charge on any atom is -0.475 e. The number of aromatic nitrogens is 1. The van der Waals surface area contributed by atoms with Gasteiger partial charge < -0.3 is 9.52 Å². The molecule has 0 radical (unpaired) electrons. The number of benzene rings is 1. The van der Waals surface area contributed by atoms with Crippen molar-refractivity contribution < 1.29 is 31.9 Å². The zero-order valence-electron chi connectivity index (χ0n) is 9.95. The van der Waals surface area contributed by atoms with Crippen molar-refractivity contribution in [1.82, 2.24) is 4.98 Å². The molecule has 0 bridgehead atoms. The molecule has 0 aliphatic carbocycles. The molecule has 2 rings (SSSR count). The summed E-state index contributed by atoms with van der Waals surface area (Å²) < 4.78 is 56.0. The Balaban J connectivity index is 2.65. The zero-order valence-corrected chi connectivity index (χ0v) is 9.95. The first-order valence-electron chi connectivity index (χ1n) is 5.28. The third kappa shape index (κ3) is 2.49. The number of carboxylic acids is 1. The van der Waals surface area contributed by atoms with Gasteiger partial charge in [-0.2, -0.15) is 13.2 Å². The highest BCUT2D eigenvalue weighted by Gasteiger charge is 2.41. The molecule has 0 fully saturated rings. The van der Waals surface area contributed by atoms with Crippen LogP contribution in [0, 0.1) is 12.7 Å². The Morgan fingerprint density at radius 3 is 2.50 bits per heavy atom. The lowest BCUT2D eigenvalue weighted by Gasteiger charge is -2.01. The fourth-order valence-electron chi connectivity index (χ4n) is 1.58.